The van der Waals surface area contributed by atoms with Crippen molar-refractivity contribution in [3.05, 3.63) is 17.4 Å². The average molecular weight is 250 g/mol. The molecular formula is C12H14N2O2S. The van der Waals surface area contributed by atoms with Gasteiger partial charge in [0.05, 0.1) is 29.2 Å². The number of methoxy groups -OCH3 is 1. The number of hydrogen-bond donors (Lipinski definition) is 0. The molecule has 0 amide bonds. The fourth-order valence-electron chi connectivity index (χ4n) is 2.26. The van der Waals surface area contributed by atoms with Crippen LogP contribution < -0.4 is 4.74 Å². The Morgan fingerprint density at radius 1 is 1.35 bits per heavy atom. The summed E-state index contributed by atoms with van der Waals surface area (Å²) in [5, 5.41) is 0. The van der Waals surface area contributed by atoms with Crippen LogP contribution in [0, 0.1) is 0 Å². The van der Waals surface area contributed by atoms with Crippen LogP contribution in [0.5, 0.6) is 5.75 Å². The fraction of sp³-hybridized carbons (Fsp3) is 0.500. The van der Waals surface area contributed by atoms with Crippen LogP contribution in [-0.4, -0.2) is 30.3 Å². The van der Waals surface area contributed by atoms with E-state index in [1.54, 1.807) is 24.6 Å². The fourth-order valence-corrected chi connectivity index (χ4v) is 3.13. The van der Waals surface area contributed by atoms with Crippen LogP contribution in [0.25, 0.3) is 10.2 Å². The largest absolute Gasteiger partial charge is 0.493 e. The molecule has 3 rings (SSSR count). The van der Waals surface area contributed by atoms with Crippen LogP contribution in [0.3, 0.4) is 0 Å². The summed E-state index contributed by atoms with van der Waals surface area (Å²) in [7, 11) is 1.66. The summed E-state index contributed by atoms with van der Waals surface area (Å²) in [4.78, 5) is 8.93. The number of nitrogens with zero attached hydrogens (tertiary/aromatic N) is 2. The van der Waals surface area contributed by atoms with Gasteiger partial charge in [-0.2, -0.15) is 0 Å². The number of thiazole rings is 1. The van der Waals surface area contributed by atoms with Crippen molar-refractivity contribution in [2.24, 2.45) is 0 Å². The molecular weight excluding hydrogens is 236 g/mol. The van der Waals surface area contributed by atoms with Crippen molar-refractivity contribution in [2.45, 2.75) is 18.8 Å². The van der Waals surface area contributed by atoms with Crippen molar-refractivity contribution < 1.29 is 9.47 Å². The topological polar surface area (TPSA) is 44.2 Å². The molecule has 0 atom stereocenters. The molecule has 5 heteroatoms. The minimum Gasteiger partial charge on any atom is -0.493 e. The van der Waals surface area contributed by atoms with Crippen LogP contribution in [-0.2, 0) is 4.74 Å². The molecule has 1 aliphatic heterocycles. The van der Waals surface area contributed by atoms with E-state index in [4.69, 9.17) is 9.47 Å². The smallest absolute Gasteiger partial charge is 0.164 e. The third-order valence-corrected chi connectivity index (χ3v) is 4.03. The summed E-state index contributed by atoms with van der Waals surface area (Å²) in [5.74, 6) is 1.26. The predicted molar refractivity (Wildman–Crippen MR) is 66.8 cm³/mol. The van der Waals surface area contributed by atoms with Gasteiger partial charge in [0.2, 0.25) is 0 Å². The summed E-state index contributed by atoms with van der Waals surface area (Å²) in [6, 6.07) is 0. The van der Waals surface area contributed by atoms with Gasteiger partial charge in [-0.05, 0) is 12.8 Å². The first-order valence-corrected chi connectivity index (χ1v) is 6.62. The van der Waals surface area contributed by atoms with E-state index in [0.717, 1.165) is 47.7 Å². The van der Waals surface area contributed by atoms with Crippen molar-refractivity contribution >= 4 is 21.6 Å². The second-order valence-electron chi connectivity index (χ2n) is 4.13. The number of aromatic nitrogens is 2. The maximum atomic E-state index is 5.39. The van der Waals surface area contributed by atoms with Crippen molar-refractivity contribution in [1.29, 1.82) is 0 Å². The van der Waals surface area contributed by atoms with Gasteiger partial charge in [0.25, 0.3) is 0 Å². The van der Waals surface area contributed by atoms with Crippen molar-refractivity contribution in [1.82, 2.24) is 9.97 Å². The lowest BCUT2D eigenvalue weighted by molar-refractivity contribution is 0.0848. The molecule has 17 heavy (non-hydrogen) atoms. The normalized spacial score (nSPS) is 17.5. The first-order chi connectivity index (χ1) is 8.40. The molecule has 2 aromatic heterocycles. The molecule has 1 aliphatic rings. The van der Waals surface area contributed by atoms with Crippen molar-refractivity contribution in [3.8, 4) is 5.75 Å². The number of pyridine rings is 1. The Bertz CT molecular complexity index is 520. The molecule has 1 saturated heterocycles. The third kappa shape index (κ3) is 1.89. The van der Waals surface area contributed by atoms with Crippen molar-refractivity contribution in [3.63, 3.8) is 0 Å². The van der Waals surface area contributed by atoms with Gasteiger partial charge in [0.1, 0.15) is 5.52 Å². The van der Waals surface area contributed by atoms with Gasteiger partial charge in [-0.1, -0.05) is 0 Å². The molecule has 3 heterocycles. The van der Waals surface area contributed by atoms with Gasteiger partial charge in [0.15, 0.2) is 5.75 Å². The summed E-state index contributed by atoms with van der Waals surface area (Å²) < 4.78 is 11.8. The lowest BCUT2D eigenvalue weighted by atomic mass is 9.96. The lowest BCUT2D eigenvalue weighted by Gasteiger charge is -2.21. The first-order valence-electron chi connectivity index (χ1n) is 5.74. The van der Waals surface area contributed by atoms with Gasteiger partial charge in [0, 0.05) is 19.1 Å². The van der Waals surface area contributed by atoms with Gasteiger partial charge >= 0.3 is 0 Å². The summed E-state index contributed by atoms with van der Waals surface area (Å²) in [6.07, 6.45) is 3.88. The molecule has 0 aromatic carbocycles. The minimum atomic E-state index is 0.498. The molecule has 0 saturated carbocycles. The summed E-state index contributed by atoms with van der Waals surface area (Å²) in [5.41, 5.74) is 3.96. The molecule has 0 aliphatic carbocycles. The molecule has 1 fully saturated rings. The van der Waals surface area contributed by atoms with E-state index in [1.165, 1.54) is 0 Å². The van der Waals surface area contributed by atoms with Crippen molar-refractivity contribution in [2.75, 3.05) is 20.3 Å². The predicted octanol–water partition coefficient (Wildman–Crippen LogP) is 2.59. The van der Waals surface area contributed by atoms with Crippen LogP contribution in [0.15, 0.2) is 11.7 Å². The van der Waals surface area contributed by atoms with Gasteiger partial charge in [-0.15, -0.1) is 11.3 Å². The van der Waals surface area contributed by atoms with Gasteiger partial charge < -0.3 is 9.47 Å². The highest BCUT2D eigenvalue weighted by molar-refractivity contribution is 7.17. The quantitative estimate of drug-likeness (QED) is 0.821. The van der Waals surface area contributed by atoms with Crippen LogP contribution >= 0.6 is 11.3 Å². The Kier molecular flexibility index (Phi) is 2.94. The Balaban J connectivity index is 2.07. The van der Waals surface area contributed by atoms with E-state index in [2.05, 4.69) is 9.97 Å². The molecule has 90 valence electrons. The second-order valence-corrected chi connectivity index (χ2v) is 4.98. The highest BCUT2D eigenvalue weighted by atomic mass is 32.1. The Labute approximate surface area is 104 Å². The van der Waals surface area contributed by atoms with E-state index in [1.807, 2.05) is 5.51 Å². The van der Waals surface area contributed by atoms with Crippen LogP contribution in [0.1, 0.15) is 24.5 Å². The molecule has 4 nitrogen and oxygen atoms in total. The highest BCUT2D eigenvalue weighted by Gasteiger charge is 2.21. The van der Waals surface area contributed by atoms with E-state index < -0.39 is 0 Å². The molecule has 0 bridgehead atoms. The zero-order valence-corrected chi connectivity index (χ0v) is 10.5. The molecule has 0 N–H and O–H groups in total. The molecule has 0 unspecified atom stereocenters. The maximum Gasteiger partial charge on any atom is 0.164 e. The zero-order valence-electron chi connectivity index (χ0n) is 9.68. The number of fused-ring (bicyclic) bond motifs is 1. The minimum absolute atomic E-state index is 0.498. The number of rotatable bonds is 2. The Hall–Kier alpha value is -1.20. The van der Waals surface area contributed by atoms with Crippen LogP contribution in [0.4, 0.5) is 0 Å². The Morgan fingerprint density at radius 2 is 2.18 bits per heavy atom. The second kappa shape index (κ2) is 4.58. The summed E-state index contributed by atoms with van der Waals surface area (Å²) in [6.45, 7) is 1.66. The van der Waals surface area contributed by atoms with E-state index in [0.29, 0.717) is 5.92 Å². The molecule has 0 radical (unpaired) electrons. The SMILES string of the molecule is COc1cnc(C2CCOCC2)c2scnc12. The first kappa shape index (κ1) is 10.9. The highest BCUT2D eigenvalue weighted by Crippen LogP contribution is 2.35. The summed E-state index contributed by atoms with van der Waals surface area (Å²) >= 11 is 1.64. The number of ether oxygens (including phenoxy) is 2. The van der Waals surface area contributed by atoms with Gasteiger partial charge in [-0.3, -0.25) is 4.98 Å². The lowest BCUT2D eigenvalue weighted by Crippen LogP contribution is -2.15. The monoisotopic (exact) mass is 250 g/mol. The molecule has 0 spiro atoms. The van der Waals surface area contributed by atoms with E-state index in [-0.39, 0.29) is 0 Å². The maximum absolute atomic E-state index is 5.39. The van der Waals surface area contributed by atoms with Gasteiger partial charge in [-0.25, -0.2) is 4.98 Å². The van der Waals surface area contributed by atoms with E-state index in [9.17, 15) is 0 Å². The molecule has 2 aromatic rings. The number of hydrogen-bond acceptors (Lipinski definition) is 5. The standard InChI is InChI=1S/C12H14N2O2S/c1-15-9-6-13-10(8-2-4-16-5-3-8)12-11(9)14-7-17-12/h6-8H,2-5H2,1H3. The Morgan fingerprint density at radius 3 is 2.94 bits per heavy atom. The zero-order chi connectivity index (χ0) is 11.7. The third-order valence-electron chi connectivity index (χ3n) is 3.18. The van der Waals surface area contributed by atoms with Crippen LogP contribution in [0.2, 0.25) is 0 Å². The van der Waals surface area contributed by atoms with E-state index >= 15 is 0 Å². The average Bonchev–Trinajstić information content (AvgIpc) is 2.88.